The number of carbonyl (C=O) groups is 4. The summed E-state index contributed by atoms with van der Waals surface area (Å²) >= 11 is 0. The number of alkyl halides is 6. The Balaban J connectivity index is 1.75. The van der Waals surface area contributed by atoms with Crippen LogP contribution in [0.15, 0.2) is 0 Å². The zero-order valence-electron chi connectivity index (χ0n) is 17.7. The Kier molecular flexibility index (Phi) is 7.18. The van der Waals surface area contributed by atoms with Gasteiger partial charge in [0.25, 0.3) is 5.91 Å². The highest BCUT2D eigenvalue weighted by Crippen LogP contribution is 2.55. The van der Waals surface area contributed by atoms with Crippen LogP contribution in [0.4, 0.5) is 26.3 Å². The Hall–Kier alpha value is -2.42. The average Bonchev–Trinajstić information content (AvgIpc) is 3.18. The topological polar surface area (TPSA) is 125 Å². The zero-order valence-corrected chi connectivity index (χ0v) is 17.7. The number of hydrogen-bond acceptors (Lipinski definition) is 6. The van der Waals surface area contributed by atoms with Crippen LogP contribution in [-0.4, -0.2) is 83.9 Å². The van der Waals surface area contributed by atoms with Crippen LogP contribution in [0.3, 0.4) is 0 Å². The molecule has 2 heterocycles. The number of halogens is 6. The second-order valence-electron chi connectivity index (χ2n) is 8.90. The summed E-state index contributed by atoms with van der Waals surface area (Å²) < 4.78 is 79.2. The maximum atomic E-state index is 12.9. The van der Waals surface area contributed by atoms with E-state index < -0.39 is 72.2 Å². The highest BCUT2D eigenvalue weighted by atomic mass is 19.4. The average molecular weight is 503 g/mol. The quantitative estimate of drug-likeness (QED) is 0.412. The molecule has 2 saturated heterocycles. The largest absolute Gasteiger partial charge is 0.522 e. The summed E-state index contributed by atoms with van der Waals surface area (Å²) in [5.41, 5.74) is -0.590. The van der Waals surface area contributed by atoms with Crippen LogP contribution < -0.4 is 10.6 Å². The van der Waals surface area contributed by atoms with Gasteiger partial charge >= 0.3 is 12.5 Å². The van der Waals surface area contributed by atoms with E-state index in [2.05, 4.69) is 15.4 Å². The van der Waals surface area contributed by atoms with Crippen LogP contribution in [0, 0.1) is 11.3 Å². The molecule has 0 aromatic rings. The Morgan fingerprint density at radius 2 is 1.85 bits per heavy atom. The highest BCUT2D eigenvalue weighted by molar-refractivity contribution is 5.95. The first-order valence-corrected chi connectivity index (χ1v) is 10.5. The maximum absolute atomic E-state index is 12.9. The van der Waals surface area contributed by atoms with E-state index in [4.69, 9.17) is 0 Å². The molecule has 0 aromatic heterocycles. The lowest BCUT2D eigenvalue weighted by Gasteiger charge is -2.28. The van der Waals surface area contributed by atoms with Gasteiger partial charge < -0.3 is 20.6 Å². The van der Waals surface area contributed by atoms with Crippen molar-refractivity contribution in [1.29, 1.82) is 0 Å². The monoisotopic (exact) mass is 503 g/mol. The summed E-state index contributed by atoms with van der Waals surface area (Å²) in [6.07, 6.45) is -12.8. The van der Waals surface area contributed by atoms with Crippen LogP contribution in [0.5, 0.6) is 0 Å². The number of rotatable bonds is 8. The van der Waals surface area contributed by atoms with Crippen molar-refractivity contribution in [2.24, 2.45) is 11.3 Å². The molecule has 2 aliphatic heterocycles. The number of Topliss-reactive ketones (excluding diaryl/α,β-unsaturated/α-hetero) is 1. The van der Waals surface area contributed by atoms with Gasteiger partial charge in [0.1, 0.15) is 12.6 Å². The molecule has 192 valence electrons. The minimum Gasteiger partial charge on any atom is -0.376 e. The van der Waals surface area contributed by atoms with Crippen LogP contribution in [0.25, 0.3) is 0 Å². The summed E-state index contributed by atoms with van der Waals surface area (Å²) in [4.78, 5) is 50.1. The third-order valence-corrected chi connectivity index (χ3v) is 6.36. The van der Waals surface area contributed by atoms with Crippen LogP contribution in [0.2, 0.25) is 0 Å². The van der Waals surface area contributed by atoms with Gasteiger partial charge in [-0.2, -0.15) is 13.2 Å². The molecule has 1 spiro atoms. The molecule has 1 saturated carbocycles. The van der Waals surface area contributed by atoms with Crippen molar-refractivity contribution in [2.75, 3.05) is 19.7 Å². The fourth-order valence-corrected chi connectivity index (χ4v) is 4.31. The van der Waals surface area contributed by atoms with Crippen molar-refractivity contribution in [1.82, 2.24) is 15.5 Å². The lowest BCUT2D eigenvalue weighted by molar-refractivity contribution is -0.321. The molecule has 0 bridgehead atoms. The van der Waals surface area contributed by atoms with E-state index in [9.17, 15) is 50.6 Å². The molecule has 3 N–H and O–H groups in total. The van der Waals surface area contributed by atoms with E-state index in [0.717, 1.165) is 0 Å². The molecule has 3 aliphatic rings. The lowest BCUT2D eigenvalue weighted by Crippen LogP contribution is -2.55. The molecule has 9 nitrogen and oxygen atoms in total. The fourth-order valence-electron chi connectivity index (χ4n) is 4.31. The van der Waals surface area contributed by atoms with E-state index in [0.29, 0.717) is 17.7 Å². The van der Waals surface area contributed by atoms with Gasteiger partial charge in [0, 0.05) is 19.0 Å². The van der Waals surface area contributed by atoms with Crippen molar-refractivity contribution < 1.29 is 55.4 Å². The molecule has 1 aliphatic carbocycles. The maximum Gasteiger partial charge on any atom is 0.522 e. The molecular weight excluding hydrogens is 480 g/mol. The number of aliphatic hydroxyl groups excluding tert-OH is 1. The van der Waals surface area contributed by atoms with Gasteiger partial charge in [0.2, 0.25) is 17.9 Å². The number of ketones is 1. The number of likely N-dealkylation sites (tertiary alicyclic amines) is 1. The number of nitrogens with one attached hydrogen (secondary N) is 2. The Morgan fingerprint density at radius 3 is 2.35 bits per heavy atom. The number of hydrogen-bond donors (Lipinski definition) is 3. The van der Waals surface area contributed by atoms with E-state index in [1.165, 1.54) is 0 Å². The van der Waals surface area contributed by atoms with Crippen LogP contribution >= 0.6 is 0 Å². The summed E-state index contributed by atoms with van der Waals surface area (Å²) in [5, 5.41) is 14.1. The third kappa shape index (κ3) is 6.17. The number of aliphatic hydroxyl groups is 1. The summed E-state index contributed by atoms with van der Waals surface area (Å²) in [7, 11) is 0. The van der Waals surface area contributed by atoms with Crippen LogP contribution in [-0.2, 0) is 23.9 Å². The minimum absolute atomic E-state index is 0.0287. The predicted octanol–water partition coefficient (Wildman–Crippen LogP) is 0.407. The first-order valence-electron chi connectivity index (χ1n) is 10.5. The molecule has 0 unspecified atom stereocenters. The summed E-state index contributed by atoms with van der Waals surface area (Å²) in [6, 6.07) is -3.08. The molecule has 34 heavy (non-hydrogen) atoms. The van der Waals surface area contributed by atoms with Crippen LogP contribution in [0.1, 0.15) is 32.1 Å². The second-order valence-corrected chi connectivity index (χ2v) is 8.90. The van der Waals surface area contributed by atoms with Gasteiger partial charge in [-0.05, 0) is 37.5 Å². The second kappa shape index (κ2) is 9.32. The molecule has 0 radical (unpaired) electrons. The Bertz CT molecular complexity index is 843. The van der Waals surface area contributed by atoms with E-state index in [1.807, 2.05) is 0 Å². The van der Waals surface area contributed by atoms with Crippen molar-refractivity contribution in [2.45, 2.75) is 62.8 Å². The first kappa shape index (κ1) is 26.2. The predicted molar refractivity (Wildman–Crippen MR) is 98.5 cm³/mol. The Morgan fingerprint density at radius 1 is 1.21 bits per heavy atom. The standard InChI is InChI=1S/C19H23F6N3O6/c20-18(21,22)13(30)16(33)28-8-17(2-3-17)6-11(28)15(32)27-10(5-9-1-4-26-14(9)31)12(29)7-34-19(23,24)25/h9-11,13,30H,1-8H2,(H,26,31)(H,27,32)/t9-,10-,11-,13-/m0/s1. The molecule has 3 amide bonds. The van der Waals surface area contributed by atoms with Gasteiger partial charge in [-0.15, -0.1) is 13.2 Å². The van der Waals surface area contributed by atoms with Gasteiger partial charge in [-0.1, -0.05) is 0 Å². The van der Waals surface area contributed by atoms with Gasteiger partial charge in [-0.25, -0.2) is 0 Å². The number of amides is 3. The summed E-state index contributed by atoms with van der Waals surface area (Å²) in [6.45, 7) is -1.40. The van der Waals surface area contributed by atoms with Gasteiger partial charge in [-0.3, -0.25) is 23.9 Å². The zero-order chi connectivity index (χ0) is 25.5. The number of carbonyl (C=O) groups excluding carboxylic acids is 4. The highest BCUT2D eigenvalue weighted by Gasteiger charge is 2.58. The smallest absolute Gasteiger partial charge is 0.376 e. The SMILES string of the molecule is O=C1NCC[C@H]1C[C@H](NC(=O)[C@@H]1CC2(CC2)CN1C(=O)[C@H](O)C(F)(F)F)C(=O)COC(F)(F)F. The van der Waals surface area contributed by atoms with E-state index in [-0.39, 0.29) is 32.4 Å². The van der Waals surface area contributed by atoms with Crippen molar-refractivity contribution in [3.8, 4) is 0 Å². The molecule has 15 heteroatoms. The van der Waals surface area contributed by atoms with Crippen molar-refractivity contribution in [3.05, 3.63) is 0 Å². The normalized spacial score (nSPS) is 25.7. The Labute approximate surface area is 189 Å². The number of ether oxygens (including phenoxy) is 1. The summed E-state index contributed by atoms with van der Waals surface area (Å²) in [5.74, 6) is -5.24. The van der Waals surface area contributed by atoms with Gasteiger partial charge in [0.15, 0.2) is 5.78 Å². The molecular formula is C19H23F6N3O6. The van der Waals surface area contributed by atoms with E-state index in [1.54, 1.807) is 0 Å². The minimum atomic E-state index is -5.26. The lowest BCUT2D eigenvalue weighted by atomic mass is 9.95. The van der Waals surface area contributed by atoms with Gasteiger partial charge in [0.05, 0.1) is 6.04 Å². The third-order valence-electron chi connectivity index (χ3n) is 6.36. The number of nitrogens with zero attached hydrogens (tertiary/aromatic N) is 1. The molecule has 3 rings (SSSR count). The molecule has 4 atom stereocenters. The van der Waals surface area contributed by atoms with Crippen molar-refractivity contribution >= 4 is 23.5 Å². The first-order chi connectivity index (χ1) is 15.6. The van der Waals surface area contributed by atoms with E-state index >= 15 is 0 Å². The molecule has 3 fully saturated rings. The fraction of sp³-hybridized carbons (Fsp3) is 0.789. The molecule has 0 aromatic carbocycles. The van der Waals surface area contributed by atoms with Crippen molar-refractivity contribution in [3.63, 3.8) is 0 Å².